The molecule has 1 rings (SSSR count). The summed E-state index contributed by atoms with van der Waals surface area (Å²) in [5.74, 6) is 2.52. The summed E-state index contributed by atoms with van der Waals surface area (Å²) >= 11 is 1.76. The van der Waals surface area contributed by atoms with E-state index in [0.717, 1.165) is 17.9 Å². The lowest BCUT2D eigenvalue weighted by molar-refractivity contribution is -0.119. The van der Waals surface area contributed by atoms with E-state index in [0.29, 0.717) is 11.7 Å². The molecule has 1 aliphatic heterocycles. The molecule has 0 spiro atoms. The van der Waals surface area contributed by atoms with Crippen LogP contribution in [-0.2, 0) is 4.79 Å². The lowest BCUT2D eigenvalue weighted by Gasteiger charge is -1.99. The van der Waals surface area contributed by atoms with Gasteiger partial charge >= 0.3 is 0 Å². The van der Waals surface area contributed by atoms with E-state index in [4.69, 9.17) is 0 Å². The second-order valence-corrected chi connectivity index (χ2v) is 3.51. The van der Waals surface area contributed by atoms with E-state index in [1.165, 1.54) is 0 Å². The van der Waals surface area contributed by atoms with Gasteiger partial charge in [-0.2, -0.15) is 11.8 Å². The monoisotopic (exact) mass is 156 g/mol. The normalized spacial score (nSPS) is 26.5. The third-order valence-corrected chi connectivity index (χ3v) is 2.80. The first-order valence-corrected chi connectivity index (χ1v) is 4.71. The summed E-state index contributed by atoms with van der Waals surface area (Å²) in [6, 6.07) is 0. The van der Waals surface area contributed by atoms with E-state index in [2.05, 4.69) is 6.08 Å². The summed E-state index contributed by atoms with van der Waals surface area (Å²) in [7, 11) is 0. The Morgan fingerprint density at radius 2 is 2.60 bits per heavy atom. The van der Waals surface area contributed by atoms with Crippen molar-refractivity contribution in [2.75, 3.05) is 11.5 Å². The molecule has 0 aromatic carbocycles. The Morgan fingerprint density at radius 1 is 1.80 bits per heavy atom. The van der Waals surface area contributed by atoms with Gasteiger partial charge in [0.05, 0.1) is 5.75 Å². The number of rotatable bonds is 2. The van der Waals surface area contributed by atoms with Crippen LogP contribution >= 0.6 is 11.8 Å². The Labute approximate surface area is 65.9 Å². The van der Waals surface area contributed by atoms with Crippen LogP contribution in [0, 0.1) is 5.92 Å². The van der Waals surface area contributed by atoms with Gasteiger partial charge in [-0.1, -0.05) is 12.2 Å². The molecule has 56 valence electrons. The molecule has 0 aliphatic carbocycles. The Bertz CT molecular complexity index is 151. The molecule has 1 atom stereocenters. The minimum Gasteiger partial charge on any atom is -0.298 e. The van der Waals surface area contributed by atoms with Gasteiger partial charge in [0.15, 0.2) is 0 Å². The SMILES string of the molecule is C/C=C/CC1CSCC1=O. The highest BCUT2D eigenvalue weighted by Crippen LogP contribution is 2.22. The molecule has 1 heterocycles. The molecule has 1 saturated heterocycles. The number of hydrogen-bond acceptors (Lipinski definition) is 2. The van der Waals surface area contributed by atoms with Crippen LogP contribution in [0.5, 0.6) is 0 Å². The molecule has 10 heavy (non-hydrogen) atoms. The predicted octanol–water partition coefficient (Wildman–Crippen LogP) is 1.88. The van der Waals surface area contributed by atoms with Crippen molar-refractivity contribution >= 4 is 17.5 Å². The fourth-order valence-corrected chi connectivity index (χ4v) is 2.17. The Hall–Kier alpha value is -0.240. The van der Waals surface area contributed by atoms with Gasteiger partial charge in [0.25, 0.3) is 0 Å². The zero-order chi connectivity index (χ0) is 7.40. The topological polar surface area (TPSA) is 17.1 Å². The van der Waals surface area contributed by atoms with Crippen molar-refractivity contribution in [2.45, 2.75) is 13.3 Å². The number of allylic oxidation sites excluding steroid dienone is 2. The molecule has 0 N–H and O–H groups in total. The molecule has 1 unspecified atom stereocenters. The molecule has 0 aromatic rings. The fourth-order valence-electron chi connectivity index (χ4n) is 1.01. The van der Waals surface area contributed by atoms with Gasteiger partial charge in [0.2, 0.25) is 0 Å². The minimum atomic E-state index is 0.321. The third-order valence-electron chi connectivity index (χ3n) is 1.68. The van der Waals surface area contributed by atoms with Crippen molar-refractivity contribution in [1.82, 2.24) is 0 Å². The largest absolute Gasteiger partial charge is 0.298 e. The molecule has 1 fully saturated rings. The second-order valence-electron chi connectivity index (χ2n) is 2.48. The first-order chi connectivity index (χ1) is 4.84. The van der Waals surface area contributed by atoms with Crippen molar-refractivity contribution in [3.8, 4) is 0 Å². The molecule has 0 aromatic heterocycles. The Kier molecular flexibility index (Phi) is 3.00. The van der Waals surface area contributed by atoms with Crippen LogP contribution < -0.4 is 0 Å². The predicted molar refractivity (Wildman–Crippen MR) is 45.3 cm³/mol. The average molecular weight is 156 g/mol. The van der Waals surface area contributed by atoms with Crippen LogP contribution in [0.3, 0.4) is 0 Å². The number of thioether (sulfide) groups is 1. The molecular weight excluding hydrogens is 144 g/mol. The smallest absolute Gasteiger partial charge is 0.146 e. The van der Waals surface area contributed by atoms with Crippen molar-refractivity contribution in [3.05, 3.63) is 12.2 Å². The number of carbonyl (C=O) groups excluding carboxylic acids is 1. The first-order valence-electron chi connectivity index (χ1n) is 3.56. The van der Waals surface area contributed by atoms with Crippen LogP contribution in [-0.4, -0.2) is 17.3 Å². The molecule has 0 saturated carbocycles. The van der Waals surface area contributed by atoms with Gasteiger partial charge in [-0.05, 0) is 13.3 Å². The summed E-state index contributed by atoms with van der Waals surface area (Å²) in [6.45, 7) is 1.99. The van der Waals surface area contributed by atoms with Crippen LogP contribution in [0.15, 0.2) is 12.2 Å². The van der Waals surface area contributed by atoms with E-state index in [1.54, 1.807) is 11.8 Å². The maximum absolute atomic E-state index is 11.0. The molecule has 1 aliphatic rings. The number of ketones is 1. The Morgan fingerprint density at radius 3 is 3.10 bits per heavy atom. The quantitative estimate of drug-likeness (QED) is 0.568. The summed E-state index contributed by atoms with van der Waals surface area (Å²) in [5, 5.41) is 0. The highest BCUT2D eigenvalue weighted by atomic mass is 32.2. The minimum absolute atomic E-state index is 0.321. The van der Waals surface area contributed by atoms with Crippen LogP contribution in [0.25, 0.3) is 0 Å². The standard InChI is InChI=1S/C8H12OS/c1-2-3-4-7-5-10-6-8(7)9/h2-3,7H,4-6H2,1H3/b3-2+. The van der Waals surface area contributed by atoms with Gasteiger partial charge in [0.1, 0.15) is 5.78 Å². The summed E-state index contributed by atoms with van der Waals surface area (Å²) in [5.41, 5.74) is 0. The van der Waals surface area contributed by atoms with Crippen molar-refractivity contribution in [1.29, 1.82) is 0 Å². The van der Waals surface area contributed by atoms with E-state index >= 15 is 0 Å². The van der Waals surface area contributed by atoms with E-state index in [-0.39, 0.29) is 0 Å². The lowest BCUT2D eigenvalue weighted by Crippen LogP contribution is -2.09. The van der Waals surface area contributed by atoms with Crippen molar-refractivity contribution in [2.24, 2.45) is 5.92 Å². The number of Topliss-reactive ketones (excluding diaryl/α,β-unsaturated/α-hetero) is 1. The first kappa shape index (κ1) is 7.86. The molecule has 1 nitrogen and oxygen atoms in total. The van der Waals surface area contributed by atoms with Gasteiger partial charge in [-0.25, -0.2) is 0 Å². The van der Waals surface area contributed by atoms with Crippen molar-refractivity contribution in [3.63, 3.8) is 0 Å². The van der Waals surface area contributed by atoms with E-state index in [9.17, 15) is 4.79 Å². The number of carbonyl (C=O) groups is 1. The lowest BCUT2D eigenvalue weighted by atomic mass is 10.0. The molecule has 2 heteroatoms. The summed E-state index contributed by atoms with van der Waals surface area (Å²) in [4.78, 5) is 11.0. The second kappa shape index (κ2) is 3.81. The molecule has 0 bridgehead atoms. The fraction of sp³-hybridized carbons (Fsp3) is 0.625. The van der Waals surface area contributed by atoms with E-state index < -0.39 is 0 Å². The highest BCUT2D eigenvalue weighted by molar-refractivity contribution is 8.00. The summed E-state index contributed by atoms with van der Waals surface area (Å²) < 4.78 is 0. The zero-order valence-corrected chi connectivity index (χ0v) is 6.99. The van der Waals surface area contributed by atoms with Crippen LogP contribution in [0.4, 0.5) is 0 Å². The molecule has 0 amide bonds. The average Bonchev–Trinajstić information content (AvgIpc) is 2.31. The van der Waals surface area contributed by atoms with Crippen molar-refractivity contribution < 1.29 is 4.79 Å². The van der Waals surface area contributed by atoms with Gasteiger partial charge in [-0.3, -0.25) is 4.79 Å². The molecular formula is C8H12OS. The number of hydrogen-bond donors (Lipinski definition) is 0. The van der Waals surface area contributed by atoms with Crippen LogP contribution in [0.2, 0.25) is 0 Å². The molecule has 0 radical (unpaired) electrons. The van der Waals surface area contributed by atoms with E-state index in [1.807, 2.05) is 13.0 Å². The van der Waals surface area contributed by atoms with Crippen LogP contribution in [0.1, 0.15) is 13.3 Å². The maximum Gasteiger partial charge on any atom is 0.146 e. The zero-order valence-electron chi connectivity index (χ0n) is 6.17. The third kappa shape index (κ3) is 1.87. The van der Waals surface area contributed by atoms with Gasteiger partial charge in [0, 0.05) is 11.7 Å². The highest BCUT2D eigenvalue weighted by Gasteiger charge is 2.22. The Balaban J connectivity index is 2.33. The summed E-state index contributed by atoms with van der Waals surface area (Å²) in [6.07, 6.45) is 5.03. The van der Waals surface area contributed by atoms with Gasteiger partial charge < -0.3 is 0 Å². The maximum atomic E-state index is 11.0. The van der Waals surface area contributed by atoms with Gasteiger partial charge in [-0.15, -0.1) is 0 Å².